The third-order valence-corrected chi connectivity index (χ3v) is 12.4. The largest absolute Gasteiger partial charge is 3.00 e. The molecule has 8 aromatic rings. The van der Waals surface area contributed by atoms with Crippen LogP contribution in [0.2, 0.25) is 0 Å². The summed E-state index contributed by atoms with van der Waals surface area (Å²) in [6, 6.07) is 58.7. The molecule has 1 heterocycles. The third kappa shape index (κ3) is 9.90. The Kier molecular flexibility index (Phi) is 14.6. The van der Waals surface area contributed by atoms with E-state index in [9.17, 15) is 0 Å². The van der Waals surface area contributed by atoms with E-state index in [1.165, 1.54) is 87.6 Å². The monoisotopic (exact) mass is 847 g/mol. The maximum Gasteiger partial charge on any atom is 3.00 e. The van der Waals surface area contributed by atoms with Crippen LogP contribution in [0.1, 0.15) is 89.5 Å². The number of fused-ring (bicyclic) bond motifs is 5. The van der Waals surface area contributed by atoms with E-state index in [-0.39, 0.29) is 26.2 Å². The molecule has 0 unspecified atom stereocenters. The summed E-state index contributed by atoms with van der Waals surface area (Å²) in [5.74, 6) is 2.47. The molecule has 0 N–H and O–H groups in total. The Morgan fingerprint density at radius 1 is 0.466 bits per heavy atom. The molecule has 0 bridgehead atoms. The van der Waals surface area contributed by atoms with Crippen molar-refractivity contribution >= 4 is 41.4 Å². The van der Waals surface area contributed by atoms with Crippen LogP contribution in [0.5, 0.6) is 0 Å². The van der Waals surface area contributed by atoms with E-state index in [1.807, 2.05) is 6.07 Å². The molecule has 0 aromatic heterocycles. The second-order valence-electron chi connectivity index (χ2n) is 17.2. The number of rotatable bonds is 8. The van der Waals surface area contributed by atoms with Crippen LogP contribution in [-0.4, -0.2) is 9.52 Å². The van der Waals surface area contributed by atoms with Gasteiger partial charge >= 0.3 is 26.2 Å². The summed E-state index contributed by atoms with van der Waals surface area (Å²) in [6.45, 7) is 18.2. The van der Waals surface area contributed by atoms with Crippen molar-refractivity contribution in [2.45, 2.75) is 80.1 Å². The van der Waals surface area contributed by atoms with Gasteiger partial charge in [-0.15, -0.1) is 74.6 Å². The van der Waals surface area contributed by atoms with Crippen LogP contribution in [-0.2, 0) is 39.0 Å². The van der Waals surface area contributed by atoms with Gasteiger partial charge in [-0.25, -0.2) is 0 Å². The zero-order valence-corrected chi connectivity index (χ0v) is 39.1. The molecular formula is C56H57SiZr. The van der Waals surface area contributed by atoms with Crippen LogP contribution in [0.25, 0.3) is 54.9 Å². The van der Waals surface area contributed by atoms with Gasteiger partial charge in [0.15, 0.2) is 0 Å². The maximum absolute atomic E-state index is 3.31. The molecule has 0 saturated carbocycles. The standard InChI is InChI=1S/2C22H25.C12H7Si.Zr/c2*1-15(2)12-17-13-18-8-7-11-21(22(18)14-17)20-10-6-5-9-19(20)16(3)4;1-3-7-11-9(5-1)10-6-2-4-8-12(10)13-11;/h2*5-11,13-16H,12H2,1-4H3;1-7H;/q3*-1;+3. The van der Waals surface area contributed by atoms with Gasteiger partial charge in [0.25, 0.3) is 0 Å². The second-order valence-corrected chi connectivity index (χ2v) is 18.4. The first-order chi connectivity index (χ1) is 27.6. The van der Waals surface area contributed by atoms with Crippen LogP contribution < -0.4 is 10.4 Å². The van der Waals surface area contributed by atoms with E-state index in [0.29, 0.717) is 23.7 Å². The van der Waals surface area contributed by atoms with E-state index >= 15 is 0 Å². The van der Waals surface area contributed by atoms with Crippen LogP contribution in [0.3, 0.4) is 0 Å². The molecule has 58 heavy (non-hydrogen) atoms. The van der Waals surface area contributed by atoms with Gasteiger partial charge in [0, 0.05) is 0 Å². The van der Waals surface area contributed by atoms with Crippen LogP contribution in [0, 0.1) is 17.9 Å². The number of benzene rings is 6. The molecule has 3 radical (unpaired) electrons. The molecule has 0 fully saturated rings. The minimum atomic E-state index is 0. The quantitative estimate of drug-likeness (QED) is 0.106. The first kappa shape index (κ1) is 43.2. The van der Waals surface area contributed by atoms with E-state index in [1.54, 1.807) is 0 Å². The Balaban J connectivity index is 0.000000150. The van der Waals surface area contributed by atoms with Gasteiger partial charge < -0.3 is 0 Å². The molecule has 289 valence electrons. The summed E-state index contributed by atoms with van der Waals surface area (Å²) >= 11 is 0. The predicted molar refractivity (Wildman–Crippen MR) is 251 cm³/mol. The Bertz CT molecular complexity index is 2400. The van der Waals surface area contributed by atoms with Gasteiger partial charge in [-0.1, -0.05) is 162 Å². The fourth-order valence-electron chi connectivity index (χ4n) is 8.46. The fraction of sp³-hybridized carbons (Fsp3) is 0.250. The minimum Gasteiger partial charge on any atom is -0.184 e. The van der Waals surface area contributed by atoms with Crippen molar-refractivity contribution in [2.24, 2.45) is 11.8 Å². The second kappa shape index (κ2) is 19.6. The summed E-state index contributed by atoms with van der Waals surface area (Å²) in [4.78, 5) is 0. The van der Waals surface area contributed by atoms with Crippen LogP contribution in [0.15, 0.2) is 152 Å². The van der Waals surface area contributed by atoms with Gasteiger partial charge in [0.2, 0.25) is 0 Å². The predicted octanol–water partition coefficient (Wildman–Crippen LogP) is 14.2. The van der Waals surface area contributed by atoms with Crippen molar-refractivity contribution < 1.29 is 26.2 Å². The first-order valence-electron chi connectivity index (χ1n) is 21.0. The van der Waals surface area contributed by atoms with E-state index < -0.39 is 0 Å². The van der Waals surface area contributed by atoms with Crippen molar-refractivity contribution in [2.75, 3.05) is 0 Å². The normalized spacial score (nSPS) is 11.7. The fourth-order valence-corrected chi connectivity index (χ4v) is 9.77. The summed E-state index contributed by atoms with van der Waals surface area (Å²) in [5.41, 5.74) is 14.1. The van der Waals surface area contributed by atoms with Gasteiger partial charge in [0.05, 0.1) is 9.52 Å². The molecule has 0 spiro atoms. The molecule has 0 nitrogen and oxygen atoms in total. The van der Waals surface area contributed by atoms with Crippen LogP contribution in [0.4, 0.5) is 0 Å². The molecule has 0 aliphatic carbocycles. The third-order valence-electron chi connectivity index (χ3n) is 11.0. The Morgan fingerprint density at radius 2 is 0.897 bits per heavy atom. The number of hydrogen-bond acceptors (Lipinski definition) is 0. The smallest absolute Gasteiger partial charge is 0.184 e. The average Bonchev–Trinajstić information content (AvgIpc) is 3.92. The van der Waals surface area contributed by atoms with Gasteiger partial charge in [-0.05, 0) is 58.8 Å². The van der Waals surface area contributed by atoms with Crippen molar-refractivity contribution in [1.82, 2.24) is 0 Å². The molecule has 1 aliphatic heterocycles. The molecule has 0 saturated heterocycles. The summed E-state index contributed by atoms with van der Waals surface area (Å²) in [6.07, 6.45) is 2.31. The number of hydrogen-bond donors (Lipinski definition) is 0. The van der Waals surface area contributed by atoms with Crippen molar-refractivity contribution in [3.63, 3.8) is 0 Å². The average molecular weight is 849 g/mol. The van der Waals surface area contributed by atoms with Crippen molar-refractivity contribution in [1.29, 1.82) is 0 Å². The SMILES string of the molecule is CC(C)Cc1cc2c(-c3ccccc3C(C)C)cccc2[cH-]1.CC(C)Cc1cc2c(-c3ccccc3C(C)C)cccc2[cH-]1.[Zr+3].[c-]1cccc2c1[Si]c1ccccc1-2. The van der Waals surface area contributed by atoms with Crippen molar-refractivity contribution in [3.05, 3.63) is 180 Å². The molecular weight excluding hydrogens is 792 g/mol. The summed E-state index contributed by atoms with van der Waals surface area (Å²) in [5, 5.41) is 8.35. The Hall–Kier alpha value is -4.36. The summed E-state index contributed by atoms with van der Waals surface area (Å²) < 4.78 is 0. The van der Waals surface area contributed by atoms with E-state index in [2.05, 4.69) is 207 Å². The molecule has 8 aromatic carbocycles. The van der Waals surface area contributed by atoms with Gasteiger partial charge in [-0.2, -0.15) is 41.6 Å². The zero-order chi connectivity index (χ0) is 40.1. The maximum atomic E-state index is 3.31. The summed E-state index contributed by atoms with van der Waals surface area (Å²) in [7, 11) is 0.795. The molecule has 0 atom stereocenters. The molecule has 0 amide bonds. The van der Waals surface area contributed by atoms with Crippen LogP contribution >= 0.6 is 0 Å². The zero-order valence-electron chi connectivity index (χ0n) is 35.7. The molecule has 1 aliphatic rings. The first-order valence-corrected chi connectivity index (χ1v) is 22.0. The van der Waals surface area contributed by atoms with Gasteiger partial charge in [0.1, 0.15) is 0 Å². The molecule has 9 rings (SSSR count). The Labute approximate surface area is 370 Å². The van der Waals surface area contributed by atoms with Gasteiger partial charge in [-0.3, -0.25) is 0 Å². The minimum absolute atomic E-state index is 0. The molecule has 2 heteroatoms. The topological polar surface area (TPSA) is 0 Å². The van der Waals surface area contributed by atoms with E-state index in [0.717, 1.165) is 22.4 Å². The Morgan fingerprint density at radius 3 is 1.38 bits per heavy atom. The van der Waals surface area contributed by atoms with E-state index in [4.69, 9.17) is 0 Å². The van der Waals surface area contributed by atoms with Crippen molar-refractivity contribution in [3.8, 4) is 33.4 Å².